The summed E-state index contributed by atoms with van der Waals surface area (Å²) in [5, 5.41) is 3.53. The largest absolute Gasteiger partial charge is 0.444 e. The predicted molar refractivity (Wildman–Crippen MR) is 86.4 cm³/mol. The van der Waals surface area contributed by atoms with Crippen LogP contribution in [0.1, 0.15) is 48.0 Å². The van der Waals surface area contributed by atoms with Crippen LogP contribution in [0, 0.1) is 0 Å². The number of ether oxygens (including phenoxy) is 1. The number of amides is 1. The van der Waals surface area contributed by atoms with Gasteiger partial charge in [0.05, 0.1) is 0 Å². The standard InChI is InChI=1S/C15H30N2O2S/c1-14(2,3)17(13(18)19-15(4,5)6)9-8-16-12-7-10-20-11-12/h12,16H,7-11H2,1-6H3. The predicted octanol–water partition coefficient (Wildman–Crippen LogP) is 3.12. The molecule has 0 aliphatic carbocycles. The average molecular weight is 302 g/mol. The fourth-order valence-corrected chi connectivity index (χ4v) is 3.28. The van der Waals surface area contributed by atoms with Crippen LogP contribution in [0.5, 0.6) is 0 Å². The van der Waals surface area contributed by atoms with Crippen molar-refractivity contribution in [2.45, 2.75) is 65.1 Å². The van der Waals surface area contributed by atoms with Crippen molar-refractivity contribution >= 4 is 17.9 Å². The van der Waals surface area contributed by atoms with Crippen molar-refractivity contribution in [3.63, 3.8) is 0 Å². The van der Waals surface area contributed by atoms with Crippen molar-refractivity contribution < 1.29 is 9.53 Å². The second kappa shape index (κ2) is 7.03. The lowest BCUT2D eigenvalue weighted by Crippen LogP contribution is -2.51. The number of nitrogens with zero attached hydrogens (tertiary/aromatic N) is 1. The van der Waals surface area contributed by atoms with Crippen LogP contribution in [-0.4, -0.2) is 52.8 Å². The van der Waals surface area contributed by atoms with Gasteiger partial charge in [-0.3, -0.25) is 0 Å². The second-order valence-corrected chi connectivity index (χ2v) is 8.47. The Morgan fingerprint density at radius 2 is 1.95 bits per heavy atom. The van der Waals surface area contributed by atoms with Crippen LogP contribution in [0.3, 0.4) is 0 Å². The highest BCUT2D eigenvalue weighted by molar-refractivity contribution is 7.99. The lowest BCUT2D eigenvalue weighted by molar-refractivity contribution is 0.00651. The van der Waals surface area contributed by atoms with Gasteiger partial charge in [0.25, 0.3) is 0 Å². The molecule has 0 bridgehead atoms. The Hall–Kier alpha value is -0.420. The summed E-state index contributed by atoms with van der Waals surface area (Å²) in [5.41, 5.74) is -0.676. The Kier molecular flexibility index (Phi) is 6.20. The Balaban J connectivity index is 2.49. The Bertz CT molecular complexity index is 315. The highest BCUT2D eigenvalue weighted by Gasteiger charge is 2.30. The molecule has 0 spiro atoms. The van der Waals surface area contributed by atoms with E-state index in [-0.39, 0.29) is 11.6 Å². The van der Waals surface area contributed by atoms with Crippen molar-refractivity contribution in [2.24, 2.45) is 0 Å². The summed E-state index contributed by atoms with van der Waals surface area (Å²) in [5.74, 6) is 2.43. The Labute approximate surface area is 128 Å². The first-order chi connectivity index (χ1) is 9.09. The lowest BCUT2D eigenvalue weighted by atomic mass is 10.1. The maximum absolute atomic E-state index is 12.3. The van der Waals surface area contributed by atoms with E-state index < -0.39 is 5.60 Å². The van der Waals surface area contributed by atoms with Crippen LogP contribution in [-0.2, 0) is 4.74 Å². The van der Waals surface area contributed by atoms with Gasteiger partial charge in [-0.1, -0.05) is 0 Å². The molecule has 0 aromatic heterocycles. The highest BCUT2D eigenvalue weighted by Crippen LogP contribution is 2.19. The van der Waals surface area contributed by atoms with Crippen molar-refractivity contribution in [3.8, 4) is 0 Å². The van der Waals surface area contributed by atoms with Crippen LogP contribution < -0.4 is 5.32 Å². The number of hydrogen-bond donors (Lipinski definition) is 1. The number of carbonyl (C=O) groups excluding carboxylic acids is 1. The van der Waals surface area contributed by atoms with Gasteiger partial charge < -0.3 is 15.0 Å². The molecule has 118 valence electrons. The molecule has 1 saturated heterocycles. The molecule has 0 saturated carbocycles. The molecule has 1 aliphatic rings. The molecule has 0 aromatic rings. The summed E-state index contributed by atoms with van der Waals surface area (Å²) >= 11 is 1.99. The third kappa shape index (κ3) is 6.35. The summed E-state index contributed by atoms with van der Waals surface area (Å²) in [6, 6.07) is 0.598. The van der Waals surface area contributed by atoms with Gasteiger partial charge >= 0.3 is 6.09 Å². The number of rotatable bonds is 4. The zero-order valence-corrected chi connectivity index (χ0v) is 14.6. The molecule has 5 heteroatoms. The lowest BCUT2D eigenvalue weighted by Gasteiger charge is -2.37. The van der Waals surface area contributed by atoms with Crippen LogP contribution in [0.2, 0.25) is 0 Å². The number of carbonyl (C=O) groups is 1. The zero-order chi connectivity index (χ0) is 15.4. The van der Waals surface area contributed by atoms with Crippen LogP contribution >= 0.6 is 11.8 Å². The molecule has 1 N–H and O–H groups in total. The van der Waals surface area contributed by atoms with Crippen LogP contribution in [0.15, 0.2) is 0 Å². The zero-order valence-electron chi connectivity index (χ0n) is 13.8. The molecule has 1 fully saturated rings. The number of hydrogen-bond acceptors (Lipinski definition) is 4. The molecule has 0 aromatic carbocycles. The smallest absolute Gasteiger partial charge is 0.410 e. The number of nitrogens with one attached hydrogen (secondary N) is 1. The molecule has 1 amide bonds. The molecular weight excluding hydrogens is 272 g/mol. The van der Waals surface area contributed by atoms with Gasteiger partial charge in [0.15, 0.2) is 0 Å². The molecule has 20 heavy (non-hydrogen) atoms. The van der Waals surface area contributed by atoms with E-state index in [0.29, 0.717) is 12.6 Å². The molecule has 1 rings (SSSR count). The summed E-state index contributed by atoms with van der Waals surface area (Å²) in [4.78, 5) is 14.1. The molecule has 1 heterocycles. The molecule has 1 atom stereocenters. The first-order valence-corrected chi connectivity index (χ1v) is 8.57. The summed E-state index contributed by atoms with van der Waals surface area (Å²) in [6.45, 7) is 13.3. The fraction of sp³-hybridized carbons (Fsp3) is 0.933. The minimum Gasteiger partial charge on any atom is -0.444 e. The van der Waals surface area contributed by atoms with E-state index in [0.717, 1.165) is 6.54 Å². The fourth-order valence-electron chi connectivity index (χ4n) is 2.09. The topological polar surface area (TPSA) is 41.6 Å². The van der Waals surface area contributed by atoms with E-state index in [1.807, 2.05) is 58.2 Å². The minimum atomic E-state index is -0.448. The van der Waals surface area contributed by atoms with Gasteiger partial charge in [-0.2, -0.15) is 11.8 Å². The molecular formula is C15H30N2O2S. The van der Waals surface area contributed by atoms with Gasteiger partial charge in [0, 0.05) is 30.4 Å². The van der Waals surface area contributed by atoms with Crippen molar-refractivity contribution in [3.05, 3.63) is 0 Å². The van der Waals surface area contributed by atoms with Gasteiger partial charge in [-0.15, -0.1) is 0 Å². The van der Waals surface area contributed by atoms with Crippen LogP contribution in [0.4, 0.5) is 4.79 Å². The van der Waals surface area contributed by atoms with E-state index in [9.17, 15) is 4.79 Å². The van der Waals surface area contributed by atoms with E-state index in [1.165, 1.54) is 17.9 Å². The molecule has 0 radical (unpaired) electrons. The van der Waals surface area contributed by atoms with E-state index >= 15 is 0 Å². The third-order valence-electron chi connectivity index (χ3n) is 3.12. The normalized spacial score (nSPS) is 20.0. The van der Waals surface area contributed by atoms with Crippen molar-refractivity contribution in [2.75, 3.05) is 24.6 Å². The van der Waals surface area contributed by atoms with E-state index in [4.69, 9.17) is 4.74 Å². The van der Waals surface area contributed by atoms with E-state index in [2.05, 4.69) is 5.32 Å². The van der Waals surface area contributed by atoms with Gasteiger partial charge in [-0.25, -0.2) is 4.79 Å². The third-order valence-corrected chi connectivity index (χ3v) is 4.28. The second-order valence-electron chi connectivity index (χ2n) is 7.32. The molecule has 1 unspecified atom stereocenters. The average Bonchev–Trinajstić information content (AvgIpc) is 2.72. The summed E-state index contributed by atoms with van der Waals surface area (Å²) in [7, 11) is 0. The highest BCUT2D eigenvalue weighted by atomic mass is 32.2. The monoisotopic (exact) mass is 302 g/mol. The minimum absolute atomic E-state index is 0.228. The quantitative estimate of drug-likeness (QED) is 0.866. The van der Waals surface area contributed by atoms with Gasteiger partial charge in [0.1, 0.15) is 5.60 Å². The maximum Gasteiger partial charge on any atom is 0.410 e. The first-order valence-electron chi connectivity index (χ1n) is 7.41. The SMILES string of the molecule is CC(C)(C)OC(=O)N(CCNC1CCSC1)C(C)(C)C. The van der Waals surface area contributed by atoms with E-state index in [1.54, 1.807) is 0 Å². The first kappa shape index (κ1) is 17.6. The summed E-state index contributed by atoms with van der Waals surface area (Å²) in [6.07, 6.45) is 1.000. The van der Waals surface area contributed by atoms with Crippen molar-refractivity contribution in [1.29, 1.82) is 0 Å². The van der Waals surface area contributed by atoms with Gasteiger partial charge in [-0.05, 0) is 53.7 Å². The van der Waals surface area contributed by atoms with Crippen LogP contribution in [0.25, 0.3) is 0 Å². The Morgan fingerprint density at radius 3 is 2.40 bits per heavy atom. The maximum atomic E-state index is 12.3. The molecule has 1 aliphatic heterocycles. The van der Waals surface area contributed by atoms with Crippen molar-refractivity contribution in [1.82, 2.24) is 10.2 Å². The van der Waals surface area contributed by atoms with Gasteiger partial charge in [0.2, 0.25) is 0 Å². The Morgan fingerprint density at radius 1 is 1.30 bits per heavy atom. The summed E-state index contributed by atoms with van der Waals surface area (Å²) < 4.78 is 5.50. The molecule has 4 nitrogen and oxygen atoms in total. The number of thioether (sulfide) groups is 1.